The smallest absolute Gasteiger partial charge is 0.243 e. The third-order valence-corrected chi connectivity index (χ3v) is 8.74. The number of hydrogen-bond donors (Lipinski definition) is 0. The van der Waals surface area contributed by atoms with E-state index in [2.05, 4.69) is 15.9 Å². The zero-order valence-electron chi connectivity index (χ0n) is 16.8. The van der Waals surface area contributed by atoms with E-state index in [1.807, 2.05) is 51.1 Å². The van der Waals surface area contributed by atoms with E-state index in [1.54, 1.807) is 11.0 Å². The molecule has 2 aromatic carbocycles. The van der Waals surface area contributed by atoms with Crippen LogP contribution in [0.5, 0.6) is 0 Å². The highest BCUT2D eigenvalue weighted by molar-refractivity contribution is 9.10. The van der Waals surface area contributed by atoms with Gasteiger partial charge in [0, 0.05) is 35.5 Å². The Morgan fingerprint density at radius 2 is 1.69 bits per heavy atom. The van der Waals surface area contributed by atoms with Gasteiger partial charge in [0.2, 0.25) is 15.9 Å². The van der Waals surface area contributed by atoms with Crippen molar-refractivity contribution in [2.45, 2.75) is 30.6 Å². The Balaban J connectivity index is 1.59. The normalized spacial score (nSPS) is 15.5. The zero-order chi connectivity index (χ0) is 21.2. The molecule has 1 amide bonds. The van der Waals surface area contributed by atoms with Gasteiger partial charge in [0.15, 0.2) is 0 Å². The first-order valence-corrected chi connectivity index (χ1v) is 12.6. The predicted octanol–water partition coefficient (Wildman–Crippen LogP) is 4.00. The van der Waals surface area contributed by atoms with Gasteiger partial charge in [0.1, 0.15) is 0 Å². The van der Waals surface area contributed by atoms with Crippen LogP contribution < -0.4 is 0 Å². The molecular formula is C21H25BrN2O3S2. The molecule has 156 valence electrons. The molecule has 1 saturated heterocycles. The standard InChI is InChI=1S/C21H25BrN2O3S2/c1-15-4-5-16(2)20(12-15)29(26,27)24-10-8-23(9-11-24)21(25)14-28-19-7-6-18(22)13-17(19)3/h4-7,12-13H,8-11,14H2,1-3H3. The Morgan fingerprint density at radius 1 is 1.00 bits per heavy atom. The molecule has 1 aliphatic rings. The van der Waals surface area contributed by atoms with Crippen molar-refractivity contribution < 1.29 is 13.2 Å². The molecule has 1 aliphatic heterocycles. The molecule has 0 bridgehead atoms. The van der Waals surface area contributed by atoms with Gasteiger partial charge in [-0.2, -0.15) is 4.31 Å². The van der Waals surface area contributed by atoms with E-state index in [4.69, 9.17) is 0 Å². The molecule has 0 atom stereocenters. The Bertz CT molecular complexity index is 1020. The number of hydrogen-bond acceptors (Lipinski definition) is 4. The SMILES string of the molecule is Cc1ccc(C)c(S(=O)(=O)N2CCN(C(=O)CSc3ccc(Br)cc3C)CC2)c1. The third-order valence-electron chi connectivity index (χ3n) is 5.04. The summed E-state index contributed by atoms with van der Waals surface area (Å²) in [7, 11) is -3.54. The molecule has 8 heteroatoms. The van der Waals surface area contributed by atoms with Crippen molar-refractivity contribution in [3.05, 3.63) is 57.6 Å². The quantitative estimate of drug-likeness (QED) is 0.587. The molecule has 0 saturated carbocycles. The summed E-state index contributed by atoms with van der Waals surface area (Å²) in [5, 5.41) is 0. The molecule has 0 spiro atoms. The fourth-order valence-corrected chi connectivity index (χ4v) is 6.43. The lowest BCUT2D eigenvalue weighted by Crippen LogP contribution is -2.51. The van der Waals surface area contributed by atoms with Crippen molar-refractivity contribution in [3.63, 3.8) is 0 Å². The van der Waals surface area contributed by atoms with Gasteiger partial charge in [-0.3, -0.25) is 4.79 Å². The minimum atomic E-state index is -3.54. The van der Waals surface area contributed by atoms with Crippen LogP contribution in [-0.4, -0.2) is 55.5 Å². The third kappa shape index (κ3) is 5.23. The Kier molecular flexibility index (Phi) is 7.09. The van der Waals surface area contributed by atoms with Crippen molar-refractivity contribution in [2.24, 2.45) is 0 Å². The lowest BCUT2D eigenvalue weighted by molar-refractivity contribution is -0.129. The summed E-state index contributed by atoms with van der Waals surface area (Å²) in [6.45, 7) is 7.21. The highest BCUT2D eigenvalue weighted by Crippen LogP contribution is 2.26. The van der Waals surface area contributed by atoms with E-state index in [-0.39, 0.29) is 5.91 Å². The summed E-state index contributed by atoms with van der Waals surface area (Å²) in [5.41, 5.74) is 2.79. The van der Waals surface area contributed by atoms with Crippen molar-refractivity contribution in [2.75, 3.05) is 31.9 Å². The summed E-state index contributed by atoms with van der Waals surface area (Å²) < 4.78 is 28.6. The van der Waals surface area contributed by atoms with Crippen molar-refractivity contribution >= 4 is 43.6 Å². The van der Waals surface area contributed by atoms with Crippen LogP contribution in [0.2, 0.25) is 0 Å². The number of rotatable bonds is 5. The minimum Gasteiger partial charge on any atom is -0.339 e. The van der Waals surface area contributed by atoms with Crippen molar-refractivity contribution in [1.82, 2.24) is 9.21 Å². The molecule has 0 aliphatic carbocycles. The molecule has 2 aromatic rings. The zero-order valence-corrected chi connectivity index (χ0v) is 20.0. The van der Waals surface area contributed by atoms with E-state index in [0.29, 0.717) is 36.8 Å². The van der Waals surface area contributed by atoms with Crippen LogP contribution in [0.3, 0.4) is 0 Å². The van der Waals surface area contributed by atoms with Gasteiger partial charge in [-0.15, -0.1) is 11.8 Å². The van der Waals surface area contributed by atoms with Gasteiger partial charge in [-0.25, -0.2) is 8.42 Å². The van der Waals surface area contributed by atoms with E-state index in [1.165, 1.54) is 16.1 Å². The second-order valence-electron chi connectivity index (χ2n) is 7.25. The van der Waals surface area contributed by atoms with Crippen LogP contribution in [0.1, 0.15) is 16.7 Å². The van der Waals surface area contributed by atoms with Gasteiger partial charge >= 0.3 is 0 Å². The average molecular weight is 497 g/mol. The predicted molar refractivity (Wildman–Crippen MR) is 121 cm³/mol. The summed E-state index contributed by atoms with van der Waals surface area (Å²) in [6.07, 6.45) is 0. The lowest BCUT2D eigenvalue weighted by atomic mass is 10.2. The number of halogens is 1. The molecule has 0 aromatic heterocycles. The fraction of sp³-hybridized carbons (Fsp3) is 0.381. The summed E-state index contributed by atoms with van der Waals surface area (Å²) >= 11 is 4.97. The van der Waals surface area contributed by atoms with Crippen molar-refractivity contribution in [3.8, 4) is 0 Å². The largest absolute Gasteiger partial charge is 0.339 e. The first-order valence-electron chi connectivity index (χ1n) is 9.42. The van der Waals surface area contributed by atoms with E-state index >= 15 is 0 Å². The number of amides is 1. The van der Waals surface area contributed by atoms with Crippen molar-refractivity contribution in [1.29, 1.82) is 0 Å². The first kappa shape index (κ1) is 22.3. The Hall–Kier alpha value is -1.35. The molecule has 0 unspecified atom stereocenters. The number of nitrogens with zero attached hydrogens (tertiary/aromatic N) is 2. The number of thioether (sulfide) groups is 1. The maximum absolute atomic E-state index is 13.0. The number of carbonyl (C=O) groups excluding carboxylic acids is 1. The number of piperazine rings is 1. The molecular weight excluding hydrogens is 472 g/mol. The summed E-state index contributed by atoms with van der Waals surface area (Å²) in [5.74, 6) is 0.396. The van der Waals surface area contributed by atoms with Crippen LogP contribution >= 0.6 is 27.7 Å². The first-order chi connectivity index (χ1) is 13.7. The topological polar surface area (TPSA) is 57.7 Å². The maximum atomic E-state index is 13.0. The monoisotopic (exact) mass is 496 g/mol. The number of sulfonamides is 1. The summed E-state index contributed by atoms with van der Waals surface area (Å²) in [4.78, 5) is 15.8. The van der Waals surface area contributed by atoms with E-state index in [0.717, 1.165) is 26.1 Å². The average Bonchev–Trinajstić information content (AvgIpc) is 2.69. The van der Waals surface area contributed by atoms with Gasteiger partial charge in [0.05, 0.1) is 10.6 Å². The molecule has 3 rings (SSSR count). The number of benzene rings is 2. The lowest BCUT2D eigenvalue weighted by Gasteiger charge is -2.34. The van der Waals surface area contributed by atoms with Crippen LogP contribution in [0.15, 0.2) is 50.7 Å². The molecule has 5 nitrogen and oxygen atoms in total. The van der Waals surface area contributed by atoms with E-state index in [9.17, 15) is 13.2 Å². The fourth-order valence-electron chi connectivity index (χ4n) is 3.31. The van der Waals surface area contributed by atoms with Gasteiger partial charge in [-0.1, -0.05) is 28.1 Å². The highest BCUT2D eigenvalue weighted by Gasteiger charge is 2.31. The maximum Gasteiger partial charge on any atom is 0.243 e. The Labute approximate surface area is 185 Å². The number of carbonyl (C=O) groups is 1. The highest BCUT2D eigenvalue weighted by atomic mass is 79.9. The minimum absolute atomic E-state index is 0.0427. The molecule has 29 heavy (non-hydrogen) atoms. The van der Waals surface area contributed by atoms with Crippen LogP contribution in [0.4, 0.5) is 0 Å². The van der Waals surface area contributed by atoms with Gasteiger partial charge < -0.3 is 4.90 Å². The molecule has 0 N–H and O–H groups in total. The molecule has 0 radical (unpaired) electrons. The van der Waals surface area contributed by atoms with Crippen LogP contribution in [-0.2, 0) is 14.8 Å². The van der Waals surface area contributed by atoms with Crippen LogP contribution in [0.25, 0.3) is 0 Å². The number of aryl methyl sites for hydroxylation is 3. The Morgan fingerprint density at radius 3 is 2.34 bits per heavy atom. The second-order valence-corrected chi connectivity index (χ2v) is 11.1. The summed E-state index contributed by atoms with van der Waals surface area (Å²) in [6, 6.07) is 11.5. The molecule has 1 heterocycles. The van der Waals surface area contributed by atoms with Gasteiger partial charge in [-0.05, 0) is 61.7 Å². The molecule has 1 fully saturated rings. The van der Waals surface area contributed by atoms with Crippen LogP contribution in [0, 0.1) is 20.8 Å². The van der Waals surface area contributed by atoms with Gasteiger partial charge in [0.25, 0.3) is 0 Å². The van der Waals surface area contributed by atoms with E-state index < -0.39 is 10.0 Å². The second kappa shape index (κ2) is 9.20.